The average Bonchev–Trinajstić information content (AvgIpc) is 3.39. The zero-order valence-electron chi connectivity index (χ0n) is 16.3. The molecule has 4 heteroatoms. The average molecular weight is 406 g/mol. The predicted molar refractivity (Wildman–Crippen MR) is 127 cm³/mol. The van der Waals surface area contributed by atoms with E-state index in [1.807, 2.05) is 6.21 Å². The van der Waals surface area contributed by atoms with Crippen molar-refractivity contribution in [1.82, 2.24) is 9.55 Å². The fraction of sp³-hybridized carbons (Fsp3) is 0.0769. The molecule has 0 atom stereocenters. The van der Waals surface area contributed by atoms with Gasteiger partial charge in [0.05, 0.1) is 0 Å². The lowest BCUT2D eigenvalue weighted by atomic mass is 10.0. The van der Waals surface area contributed by atoms with Gasteiger partial charge in [0.1, 0.15) is 5.69 Å². The van der Waals surface area contributed by atoms with Gasteiger partial charge in [0.25, 0.3) is 0 Å². The van der Waals surface area contributed by atoms with Crippen LogP contribution in [-0.4, -0.2) is 21.5 Å². The number of hydrogen-bond acceptors (Lipinski definition) is 3. The molecule has 0 saturated carbocycles. The van der Waals surface area contributed by atoms with E-state index in [-0.39, 0.29) is 0 Å². The third-order valence-electron chi connectivity index (χ3n) is 5.65. The summed E-state index contributed by atoms with van der Waals surface area (Å²) >= 11 is 1.81. The minimum atomic E-state index is 0.944. The summed E-state index contributed by atoms with van der Waals surface area (Å²) in [6.07, 6.45) is 1.99. The highest BCUT2D eigenvalue weighted by atomic mass is 32.2. The summed E-state index contributed by atoms with van der Waals surface area (Å²) in [6, 6.07) is 29.7. The molecule has 0 aliphatic carbocycles. The van der Waals surface area contributed by atoms with Crippen molar-refractivity contribution < 1.29 is 0 Å². The van der Waals surface area contributed by atoms with Gasteiger partial charge in [-0.15, -0.1) is 0 Å². The Morgan fingerprint density at radius 3 is 2.37 bits per heavy atom. The largest absolute Gasteiger partial charge is 0.303 e. The van der Waals surface area contributed by atoms with Crippen LogP contribution in [0.3, 0.4) is 0 Å². The van der Waals surface area contributed by atoms with Crippen molar-refractivity contribution in [2.75, 3.05) is 5.75 Å². The highest BCUT2D eigenvalue weighted by molar-refractivity contribution is 7.99. The molecule has 0 amide bonds. The van der Waals surface area contributed by atoms with Crippen LogP contribution in [0.15, 0.2) is 95.1 Å². The zero-order valence-corrected chi connectivity index (χ0v) is 17.1. The van der Waals surface area contributed by atoms with Crippen molar-refractivity contribution in [3.8, 4) is 11.3 Å². The van der Waals surface area contributed by atoms with Gasteiger partial charge < -0.3 is 4.57 Å². The van der Waals surface area contributed by atoms with Crippen LogP contribution in [0.5, 0.6) is 0 Å². The Hall–Kier alpha value is -3.37. The fourth-order valence-electron chi connectivity index (χ4n) is 4.20. The van der Waals surface area contributed by atoms with Crippen molar-refractivity contribution in [3.63, 3.8) is 0 Å². The number of aromatic nitrogens is 2. The standard InChI is InChI=1S/C26H19N3S/c1-3-12-21-18(7-1)9-5-11-20(21)17-27-25-24(28-26-29(25)15-16-30-26)23-14-6-10-19-8-2-4-13-22(19)23/h1-14,17H,15-16H2. The molecule has 3 nitrogen and oxygen atoms in total. The molecule has 5 aromatic rings. The van der Waals surface area contributed by atoms with Crippen LogP contribution < -0.4 is 0 Å². The maximum absolute atomic E-state index is 5.00. The van der Waals surface area contributed by atoms with E-state index in [0.717, 1.165) is 40.1 Å². The monoisotopic (exact) mass is 405 g/mol. The van der Waals surface area contributed by atoms with E-state index in [1.54, 1.807) is 11.8 Å². The lowest BCUT2D eigenvalue weighted by molar-refractivity contribution is 0.723. The quantitative estimate of drug-likeness (QED) is 0.312. The van der Waals surface area contributed by atoms with E-state index in [0.29, 0.717) is 0 Å². The Labute approximate surface area is 179 Å². The summed E-state index contributed by atoms with van der Waals surface area (Å²) in [6.45, 7) is 0.944. The molecule has 0 N–H and O–H groups in total. The molecule has 0 fully saturated rings. The van der Waals surface area contributed by atoms with Gasteiger partial charge >= 0.3 is 0 Å². The molecule has 0 spiro atoms. The zero-order chi connectivity index (χ0) is 19.9. The molecule has 6 rings (SSSR count). The van der Waals surface area contributed by atoms with Crippen molar-refractivity contribution in [3.05, 3.63) is 90.5 Å². The van der Waals surface area contributed by atoms with Crippen LogP contribution in [0.2, 0.25) is 0 Å². The molecule has 4 aromatic carbocycles. The lowest BCUT2D eigenvalue weighted by Gasteiger charge is -2.07. The lowest BCUT2D eigenvalue weighted by Crippen LogP contribution is -1.94. The molecular weight excluding hydrogens is 386 g/mol. The molecule has 1 aliphatic rings. The highest BCUT2D eigenvalue weighted by Gasteiger charge is 2.23. The third kappa shape index (κ3) is 2.84. The number of aliphatic imine (C=N–C) groups is 1. The first-order valence-corrected chi connectivity index (χ1v) is 11.1. The number of nitrogens with zero attached hydrogens (tertiary/aromatic N) is 3. The number of rotatable bonds is 3. The minimum Gasteiger partial charge on any atom is -0.303 e. The van der Waals surface area contributed by atoms with Gasteiger partial charge in [-0.05, 0) is 21.5 Å². The molecule has 0 radical (unpaired) electrons. The normalized spacial score (nSPS) is 13.5. The molecule has 144 valence electrons. The smallest absolute Gasteiger partial charge is 0.170 e. The van der Waals surface area contributed by atoms with E-state index in [9.17, 15) is 0 Å². The number of hydrogen-bond donors (Lipinski definition) is 0. The first kappa shape index (κ1) is 17.5. The Morgan fingerprint density at radius 2 is 1.50 bits per heavy atom. The third-order valence-corrected chi connectivity index (χ3v) is 6.60. The molecule has 0 saturated heterocycles. The minimum absolute atomic E-state index is 0.944. The SMILES string of the molecule is C(=Nc1c(-c2cccc3ccccc23)nc2n1CCS2)c1cccc2ccccc12. The van der Waals surface area contributed by atoms with Crippen LogP contribution in [-0.2, 0) is 6.54 Å². The summed E-state index contributed by atoms with van der Waals surface area (Å²) in [5, 5.41) is 5.93. The Balaban J connectivity index is 1.53. The molecular formula is C26H19N3S. The Kier molecular flexibility index (Phi) is 4.17. The number of benzene rings is 4. The molecule has 2 heterocycles. The van der Waals surface area contributed by atoms with E-state index >= 15 is 0 Å². The van der Waals surface area contributed by atoms with Crippen molar-refractivity contribution >= 4 is 45.3 Å². The molecule has 0 unspecified atom stereocenters. The van der Waals surface area contributed by atoms with Gasteiger partial charge in [0, 0.05) is 29.6 Å². The molecule has 30 heavy (non-hydrogen) atoms. The van der Waals surface area contributed by atoms with Gasteiger partial charge in [0.15, 0.2) is 11.0 Å². The van der Waals surface area contributed by atoms with E-state index in [1.165, 1.54) is 21.5 Å². The second-order valence-corrected chi connectivity index (χ2v) is 8.48. The summed E-state index contributed by atoms with van der Waals surface area (Å²) in [5.41, 5.74) is 3.23. The van der Waals surface area contributed by atoms with Crippen LogP contribution in [0.4, 0.5) is 5.82 Å². The topological polar surface area (TPSA) is 30.2 Å². The summed E-state index contributed by atoms with van der Waals surface area (Å²) < 4.78 is 2.25. The van der Waals surface area contributed by atoms with Gasteiger partial charge in [0.2, 0.25) is 0 Å². The number of fused-ring (bicyclic) bond motifs is 3. The Morgan fingerprint density at radius 1 is 0.800 bits per heavy atom. The molecule has 0 bridgehead atoms. The first-order valence-electron chi connectivity index (χ1n) is 10.1. The maximum Gasteiger partial charge on any atom is 0.170 e. The van der Waals surface area contributed by atoms with Crippen LogP contribution >= 0.6 is 11.8 Å². The van der Waals surface area contributed by atoms with E-state index < -0.39 is 0 Å². The maximum atomic E-state index is 5.00. The van der Waals surface area contributed by atoms with Crippen molar-refractivity contribution in [2.45, 2.75) is 11.7 Å². The van der Waals surface area contributed by atoms with Gasteiger partial charge in [-0.3, -0.25) is 0 Å². The second-order valence-electron chi connectivity index (χ2n) is 7.42. The van der Waals surface area contributed by atoms with Crippen LogP contribution in [0, 0.1) is 0 Å². The summed E-state index contributed by atoms with van der Waals surface area (Å²) in [5.74, 6) is 1.99. The highest BCUT2D eigenvalue weighted by Crippen LogP contribution is 2.40. The van der Waals surface area contributed by atoms with Crippen molar-refractivity contribution in [2.24, 2.45) is 4.99 Å². The Bertz CT molecular complexity index is 1420. The molecule has 1 aliphatic heterocycles. The van der Waals surface area contributed by atoms with Crippen LogP contribution in [0.25, 0.3) is 32.8 Å². The summed E-state index contributed by atoms with van der Waals surface area (Å²) in [4.78, 5) is 10.0. The van der Waals surface area contributed by atoms with Gasteiger partial charge in [-0.2, -0.15) is 0 Å². The molecule has 1 aromatic heterocycles. The van der Waals surface area contributed by atoms with Gasteiger partial charge in [-0.1, -0.05) is 96.7 Å². The summed E-state index contributed by atoms with van der Waals surface area (Å²) in [7, 11) is 0. The number of thioether (sulfide) groups is 1. The van der Waals surface area contributed by atoms with Gasteiger partial charge in [-0.25, -0.2) is 9.98 Å². The second kappa shape index (κ2) is 7.15. The first-order chi connectivity index (χ1) is 14.9. The fourth-order valence-corrected chi connectivity index (χ4v) is 5.15. The van der Waals surface area contributed by atoms with E-state index in [2.05, 4.69) is 89.5 Å². The predicted octanol–water partition coefficient (Wildman–Crippen LogP) is 6.71. The van der Waals surface area contributed by atoms with E-state index in [4.69, 9.17) is 9.98 Å². The number of imidazole rings is 1. The van der Waals surface area contributed by atoms with Crippen molar-refractivity contribution in [1.29, 1.82) is 0 Å². The van der Waals surface area contributed by atoms with Crippen LogP contribution in [0.1, 0.15) is 5.56 Å².